The van der Waals surface area contributed by atoms with Crippen LogP contribution in [0.1, 0.15) is 32.8 Å². The number of halogens is 1. The van der Waals surface area contributed by atoms with E-state index in [1.807, 2.05) is 44.2 Å². The molecule has 176 valence electrons. The second-order valence-corrected chi connectivity index (χ2v) is 8.18. The number of carbonyl (C=O) groups is 1. The van der Waals surface area contributed by atoms with Crippen molar-refractivity contribution in [2.75, 3.05) is 6.61 Å². The van der Waals surface area contributed by atoms with Crippen molar-refractivity contribution in [3.63, 3.8) is 0 Å². The van der Waals surface area contributed by atoms with E-state index < -0.39 is 12.5 Å². The predicted molar refractivity (Wildman–Crippen MR) is 133 cm³/mol. The molecule has 0 saturated heterocycles. The third-order valence-electron chi connectivity index (χ3n) is 4.85. The highest BCUT2D eigenvalue weighted by atomic mass is 35.5. The van der Waals surface area contributed by atoms with Gasteiger partial charge in [0.15, 0.2) is 12.2 Å². The quantitative estimate of drug-likeness (QED) is 0.173. The summed E-state index contributed by atoms with van der Waals surface area (Å²) < 4.78 is 16.9. The van der Waals surface area contributed by atoms with Crippen LogP contribution < -0.4 is 9.47 Å². The lowest BCUT2D eigenvalue weighted by Crippen LogP contribution is -2.07. The van der Waals surface area contributed by atoms with Gasteiger partial charge in [-0.3, -0.25) is 4.79 Å². The summed E-state index contributed by atoms with van der Waals surface area (Å²) in [5.74, 6) is 0.618. The Hall–Kier alpha value is -3.71. The van der Waals surface area contributed by atoms with Gasteiger partial charge < -0.3 is 14.0 Å². The molecule has 0 aliphatic carbocycles. The highest BCUT2D eigenvalue weighted by Crippen LogP contribution is 2.38. The van der Waals surface area contributed by atoms with Gasteiger partial charge >= 0.3 is 5.91 Å². The molecule has 8 heteroatoms. The number of hydrogen-bond acceptors (Lipinski definition) is 6. The lowest BCUT2D eigenvalue weighted by molar-refractivity contribution is -0.119. The van der Waals surface area contributed by atoms with Crippen molar-refractivity contribution in [3.05, 3.63) is 82.0 Å². The minimum absolute atomic E-state index is 0.228. The Morgan fingerprint density at radius 3 is 2.71 bits per heavy atom. The van der Waals surface area contributed by atoms with Gasteiger partial charge in [0.2, 0.25) is 0 Å². The number of fused-ring (bicyclic) bond motifs is 1. The smallest absolute Gasteiger partial charge is 0.323 e. The number of nitroso groups, excluding NO2 is 1. The summed E-state index contributed by atoms with van der Waals surface area (Å²) in [4.78, 5) is 21.6. The fourth-order valence-corrected chi connectivity index (χ4v) is 3.49. The maximum atomic E-state index is 11.2. The van der Waals surface area contributed by atoms with Gasteiger partial charge in [-0.05, 0) is 62.2 Å². The van der Waals surface area contributed by atoms with Gasteiger partial charge in [0, 0.05) is 16.8 Å². The Bertz CT molecular complexity index is 1290. The third kappa shape index (κ3) is 5.99. The van der Waals surface area contributed by atoms with E-state index in [4.69, 9.17) is 25.6 Å². The number of benzene rings is 2. The Labute approximate surface area is 202 Å². The Morgan fingerprint density at radius 2 is 2.03 bits per heavy atom. The topological polar surface area (TPSA) is 91.0 Å². The summed E-state index contributed by atoms with van der Waals surface area (Å²) in [6, 6.07) is 8.95. The van der Waals surface area contributed by atoms with E-state index in [2.05, 4.69) is 23.8 Å². The minimum atomic E-state index is -0.931. The van der Waals surface area contributed by atoms with Gasteiger partial charge in [-0.25, -0.2) is 0 Å². The van der Waals surface area contributed by atoms with Gasteiger partial charge in [0.1, 0.15) is 23.0 Å². The van der Waals surface area contributed by atoms with Gasteiger partial charge in [0.05, 0.1) is 10.4 Å². The first-order valence-electron chi connectivity index (χ1n) is 10.7. The molecule has 0 aliphatic rings. The van der Waals surface area contributed by atoms with Crippen LogP contribution in [-0.2, 0) is 11.2 Å². The molecule has 0 spiro atoms. The lowest BCUT2D eigenvalue weighted by Gasteiger charge is -2.12. The monoisotopic (exact) mass is 480 g/mol. The molecule has 1 heterocycles. The number of aromatic nitrogens is 1. The molecule has 0 aliphatic heterocycles. The second kappa shape index (κ2) is 11.4. The molecular weight excluding hydrogens is 456 g/mol. The molecule has 0 radical (unpaired) electrons. The summed E-state index contributed by atoms with van der Waals surface area (Å²) in [7, 11) is 0. The third-order valence-corrected chi connectivity index (χ3v) is 5.14. The first-order valence-corrected chi connectivity index (χ1v) is 11.1. The second-order valence-electron chi connectivity index (χ2n) is 7.77. The average molecular weight is 481 g/mol. The molecular formula is C26H25ClN2O5. The molecule has 0 unspecified atom stereocenters. The van der Waals surface area contributed by atoms with E-state index in [0.29, 0.717) is 28.2 Å². The first-order chi connectivity index (χ1) is 16.4. The molecule has 7 nitrogen and oxygen atoms in total. The number of amides is 1. The standard InChI is InChI=1S/C26H25ClN2O5/c1-5-7-17-12-19(33-18(6-2)9-8-16(3)4)10-11-20(17)26-21-13-24(32-15-25(30)28-31)22(27)14-23(21)34-29-26/h6,8-14H,2,5,7,15H2,1,3-4H3/b18-9+. The van der Waals surface area contributed by atoms with Crippen LogP contribution >= 0.6 is 11.6 Å². The molecule has 0 bridgehead atoms. The van der Waals surface area contributed by atoms with E-state index in [1.54, 1.807) is 18.2 Å². The van der Waals surface area contributed by atoms with Crippen molar-refractivity contribution >= 4 is 28.5 Å². The van der Waals surface area contributed by atoms with Crippen LogP contribution in [0, 0.1) is 4.91 Å². The fourth-order valence-electron chi connectivity index (χ4n) is 3.28. The molecule has 2 aromatic carbocycles. The SMILES string of the molecule is C=C/C(=C\C=C(C)C)Oc1ccc(-c2noc3cc(Cl)c(OCC(=O)N=O)cc23)c(CCC)c1. The van der Waals surface area contributed by atoms with Crippen molar-refractivity contribution in [1.82, 2.24) is 5.16 Å². The highest BCUT2D eigenvalue weighted by Gasteiger charge is 2.18. The molecule has 34 heavy (non-hydrogen) atoms. The fraction of sp³-hybridized carbons (Fsp3) is 0.231. The predicted octanol–water partition coefficient (Wildman–Crippen LogP) is 7.19. The molecule has 0 N–H and O–H groups in total. The van der Waals surface area contributed by atoms with Crippen LogP contribution in [0.15, 0.2) is 76.2 Å². The highest BCUT2D eigenvalue weighted by molar-refractivity contribution is 6.32. The average Bonchev–Trinajstić information content (AvgIpc) is 3.22. The van der Waals surface area contributed by atoms with Gasteiger partial charge in [-0.1, -0.05) is 48.3 Å². The maximum absolute atomic E-state index is 11.2. The van der Waals surface area contributed by atoms with Crippen LogP contribution in [0.4, 0.5) is 0 Å². The van der Waals surface area contributed by atoms with Crippen LogP contribution in [0.25, 0.3) is 22.2 Å². The van der Waals surface area contributed by atoms with E-state index in [9.17, 15) is 9.70 Å². The number of aryl methyl sites for hydroxylation is 1. The molecule has 3 aromatic rings. The zero-order valence-electron chi connectivity index (χ0n) is 19.3. The van der Waals surface area contributed by atoms with Crippen molar-refractivity contribution in [2.45, 2.75) is 33.6 Å². The maximum Gasteiger partial charge on any atom is 0.323 e. The van der Waals surface area contributed by atoms with E-state index in [1.165, 1.54) is 0 Å². The normalized spacial score (nSPS) is 11.2. The molecule has 1 amide bonds. The summed E-state index contributed by atoms with van der Waals surface area (Å²) >= 11 is 6.23. The number of ether oxygens (including phenoxy) is 2. The zero-order valence-corrected chi connectivity index (χ0v) is 20.0. The van der Waals surface area contributed by atoms with Crippen molar-refractivity contribution in [2.24, 2.45) is 5.18 Å². The largest absolute Gasteiger partial charge is 0.482 e. The van der Waals surface area contributed by atoms with Crippen molar-refractivity contribution < 1.29 is 18.8 Å². The Balaban J connectivity index is 2.01. The number of carbonyl (C=O) groups excluding carboxylic acids is 1. The summed E-state index contributed by atoms with van der Waals surface area (Å²) in [6.07, 6.45) is 7.20. The lowest BCUT2D eigenvalue weighted by atomic mass is 9.98. The van der Waals surface area contributed by atoms with Crippen molar-refractivity contribution in [1.29, 1.82) is 0 Å². The Morgan fingerprint density at radius 1 is 1.24 bits per heavy atom. The van der Waals surface area contributed by atoms with E-state index in [0.717, 1.165) is 29.5 Å². The molecule has 1 aromatic heterocycles. The molecule has 0 fully saturated rings. The van der Waals surface area contributed by atoms with Gasteiger partial charge in [0.25, 0.3) is 0 Å². The minimum Gasteiger partial charge on any atom is -0.482 e. The molecule has 0 atom stereocenters. The zero-order chi connectivity index (χ0) is 24.7. The summed E-state index contributed by atoms with van der Waals surface area (Å²) in [5, 5.41) is 7.47. The molecule has 3 rings (SSSR count). The van der Waals surface area contributed by atoms with Crippen LogP contribution in [-0.4, -0.2) is 17.7 Å². The van der Waals surface area contributed by atoms with E-state index >= 15 is 0 Å². The van der Waals surface area contributed by atoms with E-state index in [-0.39, 0.29) is 10.8 Å². The van der Waals surface area contributed by atoms with Crippen LogP contribution in [0.3, 0.4) is 0 Å². The van der Waals surface area contributed by atoms with Crippen molar-refractivity contribution in [3.8, 4) is 22.8 Å². The number of rotatable bonds is 10. The van der Waals surface area contributed by atoms with Gasteiger partial charge in [-0.15, -0.1) is 4.91 Å². The molecule has 0 saturated carbocycles. The van der Waals surface area contributed by atoms with Crippen LogP contribution in [0.5, 0.6) is 11.5 Å². The summed E-state index contributed by atoms with van der Waals surface area (Å²) in [5.41, 5.74) is 4.13. The van der Waals surface area contributed by atoms with Gasteiger partial charge in [-0.2, -0.15) is 0 Å². The number of hydrogen-bond donors (Lipinski definition) is 0. The number of nitrogens with zero attached hydrogens (tertiary/aromatic N) is 2. The van der Waals surface area contributed by atoms with Crippen LogP contribution in [0.2, 0.25) is 5.02 Å². The first kappa shape index (κ1) is 24.9. The Kier molecular flexibility index (Phi) is 8.38. The summed E-state index contributed by atoms with van der Waals surface area (Å²) in [6.45, 7) is 9.42. The number of allylic oxidation sites excluding steroid dienone is 4.